The van der Waals surface area contributed by atoms with Crippen molar-refractivity contribution < 1.29 is 14.5 Å². The van der Waals surface area contributed by atoms with E-state index in [4.69, 9.17) is 4.42 Å². The Hall–Kier alpha value is -1.52. The Morgan fingerprint density at radius 2 is 1.78 bits per heavy atom. The van der Waals surface area contributed by atoms with E-state index < -0.39 is 7.12 Å². The molecule has 2 rings (SSSR count). The van der Waals surface area contributed by atoms with E-state index in [1.807, 2.05) is 12.1 Å². The third-order valence-electron chi connectivity index (χ3n) is 2.97. The SMILES string of the molecule is CC(C)(C)c1cc(B(O)O)cc(-c2ccoc2)c1. The minimum atomic E-state index is -1.46. The first-order valence-electron chi connectivity index (χ1n) is 5.92. The fraction of sp³-hybridized carbons (Fsp3) is 0.286. The van der Waals surface area contributed by atoms with E-state index in [0.29, 0.717) is 5.46 Å². The summed E-state index contributed by atoms with van der Waals surface area (Å²) in [5.74, 6) is 0. The number of hydrogen-bond donors (Lipinski definition) is 2. The molecule has 94 valence electrons. The molecule has 0 atom stereocenters. The van der Waals surface area contributed by atoms with Crippen LogP contribution in [0.3, 0.4) is 0 Å². The Morgan fingerprint density at radius 1 is 1.06 bits per heavy atom. The lowest BCUT2D eigenvalue weighted by molar-refractivity contribution is 0.425. The molecule has 4 heteroatoms. The van der Waals surface area contributed by atoms with E-state index >= 15 is 0 Å². The van der Waals surface area contributed by atoms with Gasteiger partial charge in [-0.15, -0.1) is 0 Å². The molecule has 2 aromatic rings. The summed E-state index contributed by atoms with van der Waals surface area (Å²) in [4.78, 5) is 0. The molecule has 18 heavy (non-hydrogen) atoms. The predicted molar refractivity (Wildman–Crippen MR) is 72.7 cm³/mol. The van der Waals surface area contributed by atoms with Crippen molar-refractivity contribution in [1.82, 2.24) is 0 Å². The molecule has 1 aromatic heterocycles. The van der Waals surface area contributed by atoms with E-state index in [0.717, 1.165) is 16.7 Å². The highest BCUT2D eigenvalue weighted by atomic mass is 16.4. The van der Waals surface area contributed by atoms with Crippen LogP contribution in [0.15, 0.2) is 41.2 Å². The molecule has 0 aliphatic heterocycles. The van der Waals surface area contributed by atoms with Gasteiger partial charge >= 0.3 is 7.12 Å². The maximum atomic E-state index is 9.37. The lowest BCUT2D eigenvalue weighted by Crippen LogP contribution is -2.31. The van der Waals surface area contributed by atoms with Crippen LogP contribution < -0.4 is 5.46 Å². The second kappa shape index (κ2) is 4.63. The second-order valence-corrected chi connectivity index (χ2v) is 5.48. The maximum Gasteiger partial charge on any atom is 0.488 e. The van der Waals surface area contributed by atoms with E-state index in [-0.39, 0.29) is 5.41 Å². The lowest BCUT2D eigenvalue weighted by atomic mass is 9.75. The third-order valence-corrected chi connectivity index (χ3v) is 2.97. The van der Waals surface area contributed by atoms with Gasteiger partial charge in [-0.25, -0.2) is 0 Å². The Morgan fingerprint density at radius 3 is 2.28 bits per heavy atom. The molecule has 1 heterocycles. The molecule has 0 unspecified atom stereocenters. The van der Waals surface area contributed by atoms with Crippen LogP contribution in [-0.2, 0) is 5.41 Å². The number of furan rings is 1. The first-order chi connectivity index (χ1) is 8.38. The van der Waals surface area contributed by atoms with Crippen molar-refractivity contribution in [3.8, 4) is 11.1 Å². The van der Waals surface area contributed by atoms with Gasteiger partial charge in [-0.3, -0.25) is 0 Å². The smallest absolute Gasteiger partial charge is 0.472 e. The highest BCUT2D eigenvalue weighted by molar-refractivity contribution is 6.58. The monoisotopic (exact) mass is 244 g/mol. The summed E-state index contributed by atoms with van der Waals surface area (Å²) in [6.45, 7) is 6.28. The van der Waals surface area contributed by atoms with Crippen molar-refractivity contribution >= 4 is 12.6 Å². The second-order valence-electron chi connectivity index (χ2n) is 5.48. The number of rotatable bonds is 2. The highest BCUT2D eigenvalue weighted by Crippen LogP contribution is 2.27. The minimum absolute atomic E-state index is 0.0522. The molecule has 0 radical (unpaired) electrons. The van der Waals surface area contributed by atoms with Crippen molar-refractivity contribution in [1.29, 1.82) is 0 Å². The van der Waals surface area contributed by atoms with Crippen LogP contribution >= 0.6 is 0 Å². The van der Waals surface area contributed by atoms with Gasteiger partial charge in [-0.1, -0.05) is 39.0 Å². The fourth-order valence-electron chi connectivity index (χ4n) is 1.83. The molecule has 0 fully saturated rings. The van der Waals surface area contributed by atoms with Gasteiger partial charge in [-0.05, 0) is 28.1 Å². The fourth-order valence-corrected chi connectivity index (χ4v) is 1.83. The topological polar surface area (TPSA) is 53.6 Å². The molecular weight excluding hydrogens is 227 g/mol. The normalized spacial score (nSPS) is 11.6. The molecular formula is C14H17BO3. The Balaban J connectivity index is 2.57. The van der Waals surface area contributed by atoms with Crippen molar-refractivity contribution in [2.75, 3.05) is 0 Å². The molecule has 0 aliphatic rings. The van der Waals surface area contributed by atoms with Gasteiger partial charge in [-0.2, -0.15) is 0 Å². The van der Waals surface area contributed by atoms with Crippen LogP contribution in [0.1, 0.15) is 26.3 Å². The van der Waals surface area contributed by atoms with E-state index in [1.54, 1.807) is 18.6 Å². The Kier molecular flexibility index (Phi) is 3.33. The van der Waals surface area contributed by atoms with Gasteiger partial charge in [0, 0.05) is 5.56 Å². The van der Waals surface area contributed by atoms with Crippen molar-refractivity contribution in [3.05, 3.63) is 42.4 Å². The van der Waals surface area contributed by atoms with Crippen molar-refractivity contribution in [2.45, 2.75) is 26.2 Å². The number of benzene rings is 1. The quantitative estimate of drug-likeness (QED) is 0.793. The maximum absolute atomic E-state index is 9.37. The molecule has 3 nitrogen and oxygen atoms in total. The molecule has 0 saturated heterocycles. The molecule has 0 amide bonds. The van der Waals surface area contributed by atoms with Crippen LogP contribution in [0.2, 0.25) is 0 Å². The summed E-state index contributed by atoms with van der Waals surface area (Å²) in [5.41, 5.74) is 3.37. The number of hydrogen-bond acceptors (Lipinski definition) is 3. The van der Waals surface area contributed by atoms with Crippen LogP contribution in [0.25, 0.3) is 11.1 Å². The van der Waals surface area contributed by atoms with Crippen molar-refractivity contribution in [2.24, 2.45) is 0 Å². The summed E-state index contributed by atoms with van der Waals surface area (Å²) in [6, 6.07) is 7.51. The molecule has 0 saturated carbocycles. The van der Waals surface area contributed by atoms with Crippen LogP contribution in [0.4, 0.5) is 0 Å². The van der Waals surface area contributed by atoms with Gasteiger partial charge in [0.2, 0.25) is 0 Å². The largest absolute Gasteiger partial charge is 0.488 e. The summed E-state index contributed by atoms with van der Waals surface area (Å²) < 4.78 is 5.07. The molecule has 2 N–H and O–H groups in total. The first-order valence-corrected chi connectivity index (χ1v) is 5.92. The van der Waals surface area contributed by atoms with Crippen LogP contribution in [0.5, 0.6) is 0 Å². The third kappa shape index (κ3) is 2.66. The standard InChI is InChI=1S/C14H17BO3/c1-14(2,3)12-6-11(10-4-5-18-9-10)7-13(8-12)15(16)17/h4-9,16-17H,1-3H3. The van der Waals surface area contributed by atoms with Gasteiger partial charge < -0.3 is 14.5 Å². The van der Waals surface area contributed by atoms with E-state index in [9.17, 15) is 10.0 Å². The minimum Gasteiger partial charge on any atom is -0.472 e. The average molecular weight is 244 g/mol. The lowest BCUT2D eigenvalue weighted by Gasteiger charge is -2.21. The zero-order chi connectivity index (χ0) is 13.3. The summed E-state index contributed by atoms with van der Waals surface area (Å²) in [5, 5.41) is 18.7. The van der Waals surface area contributed by atoms with Crippen LogP contribution in [-0.4, -0.2) is 17.2 Å². The molecule has 0 aliphatic carbocycles. The van der Waals surface area contributed by atoms with Crippen LogP contribution in [0, 0.1) is 0 Å². The zero-order valence-corrected chi connectivity index (χ0v) is 10.8. The summed E-state index contributed by atoms with van der Waals surface area (Å²) >= 11 is 0. The van der Waals surface area contributed by atoms with Gasteiger partial charge in [0.15, 0.2) is 0 Å². The highest BCUT2D eigenvalue weighted by Gasteiger charge is 2.20. The van der Waals surface area contributed by atoms with Gasteiger partial charge in [0.25, 0.3) is 0 Å². The van der Waals surface area contributed by atoms with E-state index in [1.165, 1.54) is 0 Å². The summed E-state index contributed by atoms with van der Waals surface area (Å²) in [7, 11) is -1.46. The van der Waals surface area contributed by atoms with Crippen molar-refractivity contribution in [3.63, 3.8) is 0 Å². The van der Waals surface area contributed by atoms with E-state index in [2.05, 4.69) is 26.8 Å². The molecule has 1 aromatic carbocycles. The molecule has 0 bridgehead atoms. The Bertz CT molecular complexity index is 524. The van der Waals surface area contributed by atoms with Gasteiger partial charge in [0.05, 0.1) is 12.5 Å². The summed E-state index contributed by atoms with van der Waals surface area (Å²) in [6.07, 6.45) is 3.25. The molecule has 0 spiro atoms. The average Bonchev–Trinajstić information content (AvgIpc) is 2.80. The predicted octanol–water partition coefficient (Wildman–Crippen LogP) is 1.92. The van der Waals surface area contributed by atoms with Gasteiger partial charge in [0.1, 0.15) is 0 Å². The zero-order valence-electron chi connectivity index (χ0n) is 10.8. The first kappa shape index (κ1) is 12.9. The Labute approximate surface area is 107 Å².